The van der Waals surface area contributed by atoms with E-state index in [-0.39, 0.29) is 12.5 Å². The molecule has 0 unspecified atom stereocenters. The van der Waals surface area contributed by atoms with E-state index in [1.165, 1.54) is 6.21 Å². The lowest BCUT2D eigenvalue weighted by Crippen LogP contribution is -2.25. The van der Waals surface area contributed by atoms with Crippen LogP contribution in [0.3, 0.4) is 0 Å². The molecule has 2 aromatic carbocycles. The Morgan fingerprint density at radius 2 is 1.88 bits per heavy atom. The molecule has 1 N–H and O–H groups in total. The second-order valence-corrected chi connectivity index (χ2v) is 7.08. The second-order valence-electron chi connectivity index (χ2n) is 5.31. The summed E-state index contributed by atoms with van der Waals surface area (Å²) in [5, 5.41) is 3.96. The maximum atomic E-state index is 11.9. The first-order valence-electron chi connectivity index (χ1n) is 7.46. The van der Waals surface area contributed by atoms with E-state index < -0.39 is 0 Å². The van der Waals surface area contributed by atoms with E-state index in [9.17, 15) is 4.79 Å². The average molecular weight is 470 g/mol. The third-order valence-electron chi connectivity index (χ3n) is 3.39. The molecular weight excluding hydrogens is 452 g/mol. The molecular formula is C18H18Br2N2O3. The zero-order valence-electron chi connectivity index (χ0n) is 14.1. The van der Waals surface area contributed by atoms with Crippen molar-refractivity contribution < 1.29 is 14.3 Å². The Kier molecular flexibility index (Phi) is 7.01. The van der Waals surface area contributed by atoms with Crippen molar-refractivity contribution in [3.63, 3.8) is 0 Å². The molecule has 132 valence electrons. The van der Waals surface area contributed by atoms with Crippen LogP contribution in [0.1, 0.15) is 16.7 Å². The molecule has 0 saturated carbocycles. The first-order valence-corrected chi connectivity index (χ1v) is 9.05. The van der Waals surface area contributed by atoms with Crippen LogP contribution in [-0.2, 0) is 4.79 Å². The van der Waals surface area contributed by atoms with Gasteiger partial charge in [0.2, 0.25) is 0 Å². The number of benzene rings is 2. The molecule has 0 radical (unpaired) electrons. The summed E-state index contributed by atoms with van der Waals surface area (Å²) in [4.78, 5) is 11.9. The monoisotopic (exact) mass is 468 g/mol. The number of nitrogens with one attached hydrogen (secondary N) is 1. The van der Waals surface area contributed by atoms with Gasteiger partial charge in [-0.05, 0) is 53.0 Å². The largest absolute Gasteiger partial charge is 0.495 e. The third-order valence-corrected chi connectivity index (χ3v) is 4.44. The molecule has 5 nitrogen and oxygen atoms in total. The smallest absolute Gasteiger partial charge is 0.277 e. The molecule has 2 aromatic rings. The first kappa shape index (κ1) is 19.5. The highest BCUT2D eigenvalue weighted by Gasteiger charge is 2.09. The summed E-state index contributed by atoms with van der Waals surface area (Å²) < 4.78 is 12.6. The van der Waals surface area contributed by atoms with Crippen LogP contribution in [-0.4, -0.2) is 25.8 Å². The molecule has 0 spiro atoms. The van der Waals surface area contributed by atoms with Gasteiger partial charge in [0.05, 0.1) is 17.8 Å². The summed E-state index contributed by atoms with van der Waals surface area (Å²) in [7, 11) is 1.57. The van der Waals surface area contributed by atoms with Gasteiger partial charge in [-0.25, -0.2) is 5.43 Å². The summed E-state index contributed by atoms with van der Waals surface area (Å²) in [5.41, 5.74) is 5.14. The lowest BCUT2D eigenvalue weighted by Gasteiger charge is -2.11. The van der Waals surface area contributed by atoms with Gasteiger partial charge in [-0.2, -0.15) is 5.10 Å². The normalized spacial score (nSPS) is 10.8. The molecule has 0 saturated heterocycles. The van der Waals surface area contributed by atoms with Crippen LogP contribution in [0, 0.1) is 13.8 Å². The van der Waals surface area contributed by atoms with Gasteiger partial charge < -0.3 is 9.47 Å². The standard InChI is InChI=1S/C18H18Br2N2O3/c1-11-5-4-6-12(2)17(11)25-10-16(23)22-21-9-13-7-14(19)8-15(20)18(13)24-3/h4-9H,10H2,1-3H3,(H,22,23)/b21-9+. The zero-order valence-corrected chi connectivity index (χ0v) is 17.3. The highest BCUT2D eigenvalue weighted by Crippen LogP contribution is 2.31. The fraction of sp³-hybridized carbons (Fsp3) is 0.222. The number of hydrazone groups is 1. The highest BCUT2D eigenvalue weighted by molar-refractivity contribution is 9.11. The van der Waals surface area contributed by atoms with Crippen molar-refractivity contribution in [2.24, 2.45) is 5.10 Å². The van der Waals surface area contributed by atoms with E-state index in [1.54, 1.807) is 7.11 Å². The van der Waals surface area contributed by atoms with Crippen LogP contribution in [0.5, 0.6) is 11.5 Å². The van der Waals surface area contributed by atoms with Crippen molar-refractivity contribution in [3.05, 3.63) is 56.0 Å². The predicted octanol–water partition coefficient (Wildman–Crippen LogP) is 4.37. The molecule has 0 aliphatic carbocycles. The van der Waals surface area contributed by atoms with Crippen molar-refractivity contribution in [1.82, 2.24) is 5.43 Å². The van der Waals surface area contributed by atoms with Crippen molar-refractivity contribution in [3.8, 4) is 11.5 Å². The quantitative estimate of drug-likeness (QED) is 0.504. The lowest BCUT2D eigenvalue weighted by atomic mass is 10.1. The lowest BCUT2D eigenvalue weighted by molar-refractivity contribution is -0.123. The average Bonchev–Trinajstić information content (AvgIpc) is 2.54. The number of rotatable bonds is 6. The van der Waals surface area contributed by atoms with Crippen LogP contribution < -0.4 is 14.9 Å². The number of methoxy groups -OCH3 is 1. The van der Waals surface area contributed by atoms with Gasteiger partial charge in [-0.15, -0.1) is 0 Å². The maximum absolute atomic E-state index is 11.9. The van der Waals surface area contributed by atoms with Crippen LogP contribution in [0.4, 0.5) is 0 Å². The van der Waals surface area contributed by atoms with Gasteiger partial charge in [-0.1, -0.05) is 34.1 Å². The minimum atomic E-state index is -0.341. The fourth-order valence-corrected chi connectivity index (χ4v) is 3.68. The molecule has 0 aromatic heterocycles. The second kappa shape index (κ2) is 9.01. The van der Waals surface area contributed by atoms with Gasteiger partial charge in [0.15, 0.2) is 6.61 Å². The minimum Gasteiger partial charge on any atom is -0.495 e. The summed E-state index contributed by atoms with van der Waals surface area (Å²) in [6.07, 6.45) is 1.52. The fourth-order valence-electron chi connectivity index (χ4n) is 2.26. The number of nitrogens with zero attached hydrogens (tertiary/aromatic N) is 1. The number of carbonyl (C=O) groups excluding carboxylic acids is 1. The Hall–Kier alpha value is -1.86. The topological polar surface area (TPSA) is 59.9 Å². The molecule has 0 heterocycles. The molecule has 25 heavy (non-hydrogen) atoms. The Morgan fingerprint density at radius 3 is 2.52 bits per heavy atom. The molecule has 0 bridgehead atoms. The molecule has 2 rings (SSSR count). The Balaban J connectivity index is 1.97. The summed E-state index contributed by atoms with van der Waals surface area (Å²) in [6, 6.07) is 9.54. The van der Waals surface area contributed by atoms with E-state index in [0.717, 1.165) is 31.4 Å². The van der Waals surface area contributed by atoms with E-state index in [2.05, 4.69) is 42.4 Å². The number of hydrogen-bond acceptors (Lipinski definition) is 4. The van der Waals surface area contributed by atoms with Crippen molar-refractivity contribution in [2.75, 3.05) is 13.7 Å². The number of para-hydroxylation sites is 1. The van der Waals surface area contributed by atoms with Crippen molar-refractivity contribution >= 4 is 44.0 Å². The molecule has 7 heteroatoms. The van der Waals surface area contributed by atoms with Gasteiger partial charge in [0, 0.05) is 10.0 Å². The van der Waals surface area contributed by atoms with Gasteiger partial charge >= 0.3 is 0 Å². The SMILES string of the molecule is COc1c(Br)cc(Br)cc1/C=N/NC(=O)COc1c(C)cccc1C. The third kappa shape index (κ3) is 5.31. The van der Waals surface area contributed by atoms with Crippen LogP contribution in [0.2, 0.25) is 0 Å². The van der Waals surface area contributed by atoms with Crippen LogP contribution >= 0.6 is 31.9 Å². The number of ether oxygens (including phenoxy) is 2. The van der Waals surface area contributed by atoms with E-state index in [1.807, 2.05) is 44.2 Å². The Labute approximate surface area is 163 Å². The van der Waals surface area contributed by atoms with Crippen molar-refractivity contribution in [2.45, 2.75) is 13.8 Å². The van der Waals surface area contributed by atoms with Crippen LogP contribution in [0.25, 0.3) is 0 Å². The predicted molar refractivity (Wildman–Crippen MR) is 106 cm³/mol. The van der Waals surface area contributed by atoms with E-state index in [4.69, 9.17) is 9.47 Å². The van der Waals surface area contributed by atoms with Gasteiger partial charge in [0.25, 0.3) is 5.91 Å². The summed E-state index contributed by atoms with van der Waals surface area (Å²) in [6.45, 7) is 3.77. The highest BCUT2D eigenvalue weighted by atomic mass is 79.9. The molecule has 0 atom stereocenters. The van der Waals surface area contributed by atoms with Crippen LogP contribution in [0.15, 0.2) is 44.4 Å². The number of hydrogen-bond donors (Lipinski definition) is 1. The van der Waals surface area contributed by atoms with Crippen molar-refractivity contribution in [1.29, 1.82) is 0 Å². The van der Waals surface area contributed by atoms with E-state index >= 15 is 0 Å². The molecule has 0 aliphatic heterocycles. The summed E-state index contributed by atoms with van der Waals surface area (Å²) >= 11 is 6.83. The number of aryl methyl sites for hydroxylation is 2. The first-order chi connectivity index (χ1) is 11.9. The Morgan fingerprint density at radius 1 is 1.20 bits per heavy atom. The minimum absolute atomic E-state index is 0.109. The Bertz CT molecular complexity index is 787. The van der Waals surface area contributed by atoms with E-state index in [0.29, 0.717) is 5.75 Å². The number of carbonyl (C=O) groups is 1. The summed E-state index contributed by atoms with van der Waals surface area (Å²) in [5.74, 6) is 1.01. The number of halogens is 2. The van der Waals surface area contributed by atoms with Gasteiger partial charge in [0.1, 0.15) is 11.5 Å². The molecule has 0 aliphatic rings. The zero-order chi connectivity index (χ0) is 18.4. The van der Waals surface area contributed by atoms with Gasteiger partial charge in [-0.3, -0.25) is 4.79 Å². The maximum Gasteiger partial charge on any atom is 0.277 e. The number of amides is 1. The molecule has 1 amide bonds. The molecule has 0 fully saturated rings.